The van der Waals surface area contributed by atoms with Gasteiger partial charge in [-0.25, -0.2) is 0 Å². The highest BCUT2D eigenvalue weighted by molar-refractivity contribution is 14.2. The van der Waals surface area contributed by atoms with Crippen molar-refractivity contribution in [2.45, 2.75) is 77.6 Å². The van der Waals surface area contributed by atoms with Crippen LogP contribution in [0.25, 0.3) is 0 Å². The Labute approximate surface area is 118 Å². The zero-order valence-electron chi connectivity index (χ0n) is 11.3. The van der Waals surface area contributed by atoms with Gasteiger partial charge in [0.2, 0.25) is 0 Å². The van der Waals surface area contributed by atoms with Gasteiger partial charge >= 0.3 is 0 Å². The highest BCUT2D eigenvalue weighted by Crippen LogP contribution is 2.41. The van der Waals surface area contributed by atoms with E-state index in [2.05, 4.69) is 35.6 Å². The van der Waals surface area contributed by atoms with E-state index in [0.717, 1.165) is 0 Å². The third kappa shape index (κ3) is 15.2. The lowest BCUT2D eigenvalue weighted by Gasteiger charge is -2.04. The fourth-order valence-electron chi connectivity index (χ4n) is 1.99. The first-order chi connectivity index (χ1) is 7.77. The summed E-state index contributed by atoms with van der Waals surface area (Å²) in [7, 11) is 0. The fraction of sp³-hybridized carbons (Fsp3) is 1.00. The summed E-state index contributed by atoms with van der Waals surface area (Å²) in [5, 5.41) is 0. The van der Waals surface area contributed by atoms with Crippen molar-refractivity contribution in [1.82, 2.24) is 0 Å². The molecule has 0 spiro atoms. The second-order valence-electron chi connectivity index (χ2n) is 4.86. The van der Waals surface area contributed by atoms with Crippen molar-refractivity contribution in [3.05, 3.63) is 0 Å². The Hall–Kier alpha value is 1.16. The summed E-state index contributed by atoms with van der Waals surface area (Å²) in [5.74, 6) is 0. The van der Waals surface area contributed by atoms with Crippen LogP contribution in [0.3, 0.4) is 0 Å². The Morgan fingerprint density at radius 2 is 1.06 bits per heavy atom. The predicted molar refractivity (Wildman–Crippen MR) is 88.2 cm³/mol. The Balaban J connectivity index is 2.88. The SMILES string of the molecule is CCCCCCCCCCCCCP(C)I. The van der Waals surface area contributed by atoms with Crippen molar-refractivity contribution in [3.8, 4) is 0 Å². The van der Waals surface area contributed by atoms with Gasteiger partial charge in [0, 0.05) is 0 Å². The van der Waals surface area contributed by atoms with Crippen molar-refractivity contribution in [3.63, 3.8) is 0 Å². The van der Waals surface area contributed by atoms with Crippen LogP contribution in [0.15, 0.2) is 0 Å². The molecule has 0 aliphatic carbocycles. The molecule has 16 heavy (non-hydrogen) atoms. The number of hydrogen-bond donors (Lipinski definition) is 0. The molecule has 0 aromatic rings. The van der Waals surface area contributed by atoms with Crippen LogP contribution in [0.4, 0.5) is 0 Å². The minimum Gasteiger partial charge on any atom is -0.0654 e. The normalized spacial score (nSPS) is 12.9. The lowest BCUT2D eigenvalue weighted by Crippen LogP contribution is -1.83. The van der Waals surface area contributed by atoms with E-state index in [4.69, 9.17) is 0 Å². The molecule has 0 aromatic heterocycles. The van der Waals surface area contributed by atoms with Gasteiger partial charge < -0.3 is 0 Å². The summed E-state index contributed by atoms with van der Waals surface area (Å²) in [6, 6.07) is 0. The molecule has 0 aliphatic heterocycles. The van der Waals surface area contributed by atoms with E-state index >= 15 is 0 Å². The van der Waals surface area contributed by atoms with E-state index in [1.807, 2.05) is 0 Å². The first-order valence-corrected chi connectivity index (χ1v) is 11.9. The Morgan fingerprint density at radius 3 is 1.44 bits per heavy atom. The first-order valence-electron chi connectivity index (χ1n) is 7.14. The van der Waals surface area contributed by atoms with E-state index in [9.17, 15) is 0 Å². The monoisotopic (exact) mass is 356 g/mol. The molecule has 1 atom stereocenters. The molecule has 0 aliphatic rings. The second-order valence-corrected chi connectivity index (χ2v) is 11.5. The molecule has 2 heteroatoms. The van der Waals surface area contributed by atoms with E-state index < -0.39 is 0 Å². The number of hydrogen-bond acceptors (Lipinski definition) is 0. The summed E-state index contributed by atoms with van der Waals surface area (Å²) in [6.45, 7) is 4.67. The molecule has 1 unspecified atom stereocenters. The molecular formula is C14H30IP. The van der Waals surface area contributed by atoms with E-state index in [1.165, 1.54) is 76.8 Å². The van der Waals surface area contributed by atoms with Crippen molar-refractivity contribution in [2.75, 3.05) is 12.8 Å². The highest BCUT2D eigenvalue weighted by atomic mass is 127. The Kier molecular flexibility index (Phi) is 15.3. The number of rotatable bonds is 12. The van der Waals surface area contributed by atoms with Crippen molar-refractivity contribution < 1.29 is 0 Å². The molecule has 0 amide bonds. The van der Waals surface area contributed by atoms with Crippen LogP contribution in [-0.4, -0.2) is 12.8 Å². The number of halogens is 1. The smallest absolute Gasteiger partial charge is 0.0238 e. The summed E-state index contributed by atoms with van der Waals surface area (Å²) >= 11 is 2.60. The van der Waals surface area contributed by atoms with Crippen LogP contribution in [0.2, 0.25) is 0 Å². The van der Waals surface area contributed by atoms with Gasteiger partial charge in [-0.2, -0.15) is 0 Å². The molecule has 0 N–H and O–H groups in total. The molecule has 0 rings (SSSR count). The van der Waals surface area contributed by atoms with Gasteiger partial charge in [0.25, 0.3) is 0 Å². The predicted octanol–water partition coefficient (Wildman–Crippen LogP) is 6.76. The zero-order valence-corrected chi connectivity index (χ0v) is 14.4. The van der Waals surface area contributed by atoms with Crippen LogP contribution in [0.1, 0.15) is 77.6 Å². The van der Waals surface area contributed by atoms with E-state index in [0.29, 0.717) is 5.56 Å². The molecule has 0 saturated heterocycles. The van der Waals surface area contributed by atoms with Crippen molar-refractivity contribution in [2.24, 2.45) is 0 Å². The topological polar surface area (TPSA) is 0 Å². The second kappa shape index (κ2) is 14.2. The average molecular weight is 356 g/mol. The first kappa shape index (κ1) is 17.2. The van der Waals surface area contributed by atoms with Gasteiger partial charge in [0.05, 0.1) is 0 Å². The van der Waals surface area contributed by atoms with E-state index in [-0.39, 0.29) is 0 Å². The summed E-state index contributed by atoms with van der Waals surface area (Å²) in [6.07, 6.45) is 17.6. The van der Waals surface area contributed by atoms with Crippen LogP contribution in [0, 0.1) is 0 Å². The zero-order chi connectivity index (χ0) is 12.1. The fourth-order valence-corrected chi connectivity index (χ4v) is 3.68. The molecule has 0 saturated carbocycles. The van der Waals surface area contributed by atoms with Gasteiger partial charge in [-0.3, -0.25) is 0 Å². The standard InChI is InChI=1S/C14H30IP/c1-3-4-5-6-7-8-9-10-11-12-13-14-16(2)15/h3-14H2,1-2H3. The quantitative estimate of drug-likeness (QED) is 0.206. The molecule has 98 valence electrons. The van der Waals surface area contributed by atoms with Crippen LogP contribution >= 0.6 is 27.6 Å². The minimum absolute atomic E-state index is 0.333. The maximum atomic E-state index is 2.60. The molecule has 0 heterocycles. The van der Waals surface area contributed by atoms with Crippen molar-refractivity contribution in [1.29, 1.82) is 0 Å². The third-order valence-electron chi connectivity index (χ3n) is 3.07. The number of unbranched alkanes of at least 4 members (excludes halogenated alkanes) is 10. The lowest BCUT2D eigenvalue weighted by atomic mass is 10.1. The highest BCUT2D eigenvalue weighted by Gasteiger charge is 1.95. The average Bonchev–Trinajstić information content (AvgIpc) is 2.25. The van der Waals surface area contributed by atoms with Crippen LogP contribution in [-0.2, 0) is 0 Å². The summed E-state index contributed by atoms with van der Waals surface area (Å²) < 4.78 is 0. The van der Waals surface area contributed by atoms with Crippen LogP contribution in [0.5, 0.6) is 0 Å². The molecule has 0 nitrogen and oxygen atoms in total. The maximum absolute atomic E-state index is 2.60. The van der Waals surface area contributed by atoms with Gasteiger partial charge in [-0.15, -0.1) is 0 Å². The van der Waals surface area contributed by atoms with Crippen molar-refractivity contribution >= 4 is 27.6 Å². The molecule has 0 aromatic carbocycles. The van der Waals surface area contributed by atoms with Gasteiger partial charge in [0.1, 0.15) is 0 Å². The Morgan fingerprint density at radius 1 is 0.688 bits per heavy atom. The van der Waals surface area contributed by atoms with Gasteiger partial charge in [-0.05, 0) is 24.8 Å². The Bertz CT molecular complexity index is 126. The molecule has 0 fully saturated rings. The molecular weight excluding hydrogens is 326 g/mol. The van der Waals surface area contributed by atoms with E-state index in [1.54, 1.807) is 0 Å². The lowest BCUT2D eigenvalue weighted by molar-refractivity contribution is 0.555. The largest absolute Gasteiger partial charge is 0.0654 e. The minimum atomic E-state index is 0.333. The van der Waals surface area contributed by atoms with Gasteiger partial charge in [-0.1, -0.05) is 93.2 Å². The van der Waals surface area contributed by atoms with Crippen LogP contribution < -0.4 is 0 Å². The van der Waals surface area contributed by atoms with Gasteiger partial charge in [0.15, 0.2) is 0 Å². The third-order valence-corrected chi connectivity index (χ3v) is 5.45. The molecule has 0 bridgehead atoms. The maximum Gasteiger partial charge on any atom is -0.0238 e. The summed E-state index contributed by atoms with van der Waals surface area (Å²) in [4.78, 5) is 0. The summed E-state index contributed by atoms with van der Waals surface area (Å²) in [5.41, 5.74) is 0.333. The molecule has 0 radical (unpaired) electrons.